The largest absolute Gasteiger partial charge is 4.00 e. The SMILES string of the molecule is C[c-]1cccc1.[C-]1=CC=CC1.[Cl-].[Cl-].[Hf+4]. The summed E-state index contributed by atoms with van der Waals surface area (Å²) in [6.07, 6.45) is 10.0. The van der Waals surface area contributed by atoms with Crippen molar-refractivity contribution >= 4 is 0 Å². The molecule has 2 rings (SSSR count). The summed E-state index contributed by atoms with van der Waals surface area (Å²) in [6, 6.07) is 8.24. The molecule has 0 heterocycles. The van der Waals surface area contributed by atoms with Gasteiger partial charge in [-0.3, -0.25) is 6.08 Å². The number of allylic oxidation sites excluding steroid dienone is 4. The Balaban J connectivity index is -0.000000144. The van der Waals surface area contributed by atoms with Crippen molar-refractivity contribution in [2.75, 3.05) is 0 Å². The van der Waals surface area contributed by atoms with E-state index < -0.39 is 0 Å². The zero-order chi connectivity index (χ0) is 7.94. The van der Waals surface area contributed by atoms with Crippen molar-refractivity contribution in [1.29, 1.82) is 0 Å². The van der Waals surface area contributed by atoms with E-state index in [1.54, 1.807) is 0 Å². The molecular formula is C11H12Cl2Hf. The normalized spacial score (nSPS) is 10.1. The molecule has 1 aromatic carbocycles. The fourth-order valence-electron chi connectivity index (χ4n) is 0.810. The Morgan fingerprint density at radius 1 is 1.14 bits per heavy atom. The van der Waals surface area contributed by atoms with Crippen molar-refractivity contribution in [2.24, 2.45) is 0 Å². The van der Waals surface area contributed by atoms with Gasteiger partial charge in [0.15, 0.2) is 0 Å². The van der Waals surface area contributed by atoms with Crippen LogP contribution in [0.25, 0.3) is 0 Å². The number of halogens is 2. The summed E-state index contributed by atoms with van der Waals surface area (Å²) in [5.74, 6) is 0. The summed E-state index contributed by atoms with van der Waals surface area (Å²) in [4.78, 5) is 0. The van der Waals surface area contributed by atoms with Gasteiger partial charge >= 0.3 is 25.8 Å². The van der Waals surface area contributed by atoms with E-state index in [0.717, 1.165) is 6.42 Å². The first-order valence-electron chi connectivity index (χ1n) is 3.79. The standard InChI is InChI=1S/C6H7.C5H5.2ClH.Hf/c1-6-4-2-3-5-6;1-2-4-5-3-1;;;/h2-5H,1H3;1-3H,4H2;2*1H;/q2*-1;;;+4/p-2. The van der Waals surface area contributed by atoms with E-state index in [2.05, 4.69) is 31.2 Å². The quantitative estimate of drug-likeness (QED) is 0.326. The molecule has 0 amide bonds. The summed E-state index contributed by atoms with van der Waals surface area (Å²) in [5, 5.41) is 0. The molecule has 0 radical (unpaired) electrons. The molecule has 0 saturated heterocycles. The zero-order valence-corrected chi connectivity index (χ0v) is 13.1. The van der Waals surface area contributed by atoms with Crippen LogP contribution in [0.4, 0.5) is 0 Å². The molecule has 1 aliphatic rings. The fourth-order valence-corrected chi connectivity index (χ4v) is 0.810. The molecule has 3 heteroatoms. The molecule has 0 saturated carbocycles. The monoisotopic (exact) mass is 394 g/mol. The minimum atomic E-state index is 0. The van der Waals surface area contributed by atoms with Gasteiger partial charge in [-0.2, -0.15) is 23.8 Å². The maximum atomic E-state index is 2.99. The first kappa shape index (κ1) is 19.8. The zero-order valence-electron chi connectivity index (χ0n) is 8.00. The minimum absolute atomic E-state index is 0. The second-order valence-electron chi connectivity index (χ2n) is 2.47. The second kappa shape index (κ2) is 13.3. The Kier molecular flexibility index (Phi) is 18.8. The van der Waals surface area contributed by atoms with Gasteiger partial charge in [-0.05, 0) is 0 Å². The predicted molar refractivity (Wildman–Crippen MR) is 48.3 cm³/mol. The third kappa shape index (κ3) is 10.4. The van der Waals surface area contributed by atoms with Crippen LogP contribution in [0, 0.1) is 13.0 Å². The first-order chi connectivity index (χ1) is 5.39. The van der Waals surface area contributed by atoms with Gasteiger partial charge < -0.3 is 24.8 Å². The Morgan fingerprint density at radius 2 is 1.71 bits per heavy atom. The molecule has 1 aromatic rings. The van der Waals surface area contributed by atoms with Crippen LogP contribution in [0.5, 0.6) is 0 Å². The molecule has 0 nitrogen and oxygen atoms in total. The van der Waals surface area contributed by atoms with Crippen LogP contribution >= 0.6 is 0 Å². The number of aryl methyl sites for hydroxylation is 1. The van der Waals surface area contributed by atoms with Crippen LogP contribution in [0.2, 0.25) is 0 Å². The van der Waals surface area contributed by atoms with Crippen molar-refractivity contribution in [2.45, 2.75) is 13.3 Å². The molecule has 14 heavy (non-hydrogen) atoms. The fraction of sp³-hybridized carbons (Fsp3) is 0.182. The summed E-state index contributed by atoms with van der Waals surface area (Å²) in [7, 11) is 0. The Morgan fingerprint density at radius 3 is 1.86 bits per heavy atom. The van der Waals surface area contributed by atoms with Gasteiger partial charge in [0, 0.05) is 0 Å². The van der Waals surface area contributed by atoms with E-state index in [-0.39, 0.29) is 50.7 Å². The maximum Gasteiger partial charge on any atom is 4.00 e. The minimum Gasteiger partial charge on any atom is -1.00 e. The van der Waals surface area contributed by atoms with E-state index in [9.17, 15) is 0 Å². The van der Waals surface area contributed by atoms with Crippen molar-refractivity contribution in [3.05, 3.63) is 54.1 Å². The van der Waals surface area contributed by atoms with Gasteiger partial charge in [-0.1, -0.05) is 6.92 Å². The van der Waals surface area contributed by atoms with Gasteiger partial charge in [0.1, 0.15) is 0 Å². The van der Waals surface area contributed by atoms with Crippen molar-refractivity contribution < 1.29 is 50.7 Å². The van der Waals surface area contributed by atoms with Crippen molar-refractivity contribution in [3.8, 4) is 0 Å². The van der Waals surface area contributed by atoms with Crippen LogP contribution in [-0.2, 0) is 25.8 Å². The van der Waals surface area contributed by atoms with Crippen molar-refractivity contribution in [1.82, 2.24) is 0 Å². The van der Waals surface area contributed by atoms with Gasteiger partial charge in [-0.15, -0.1) is 6.42 Å². The number of hydrogen-bond acceptors (Lipinski definition) is 0. The molecule has 0 atom stereocenters. The van der Waals surface area contributed by atoms with E-state index >= 15 is 0 Å². The average molecular weight is 394 g/mol. The number of hydrogen-bond donors (Lipinski definition) is 0. The Hall–Kier alpha value is 0.280. The first-order valence-corrected chi connectivity index (χ1v) is 3.79. The van der Waals surface area contributed by atoms with Gasteiger partial charge in [0.2, 0.25) is 0 Å². The molecule has 74 valence electrons. The van der Waals surface area contributed by atoms with Crippen LogP contribution in [0.3, 0.4) is 0 Å². The van der Waals surface area contributed by atoms with Crippen LogP contribution in [0.15, 0.2) is 42.5 Å². The molecule has 0 spiro atoms. The predicted octanol–water partition coefficient (Wildman–Crippen LogP) is -2.97. The molecule has 0 unspecified atom stereocenters. The third-order valence-electron chi connectivity index (χ3n) is 1.42. The van der Waals surface area contributed by atoms with Crippen LogP contribution in [-0.4, -0.2) is 0 Å². The van der Waals surface area contributed by atoms with Crippen LogP contribution < -0.4 is 24.8 Å². The second-order valence-corrected chi connectivity index (χ2v) is 2.47. The molecule has 0 aliphatic heterocycles. The molecule has 0 bridgehead atoms. The summed E-state index contributed by atoms with van der Waals surface area (Å²) < 4.78 is 0. The summed E-state index contributed by atoms with van der Waals surface area (Å²) in [6.45, 7) is 2.08. The van der Waals surface area contributed by atoms with E-state index in [1.807, 2.05) is 24.3 Å². The smallest absolute Gasteiger partial charge is 1.00 e. The van der Waals surface area contributed by atoms with E-state index in [0.29, 0.717) is 0 Å². The van der Waals surface area contributed by atoms with E-state index in [1.165, 1.54) is 5.56 Å². The Bertz CT molecular complexity index is 228. The van der Waals surface area contributed by atoms with Gasteiger partial charge in [-0.25, -0.2) is 24.3 Å². The summed E-state index contributed by atoms with van der Waals surface area (Å²) in [5.41, 5.74) is 1.34. The number of rotatable bonds is 0. The third-order valence-corrected chi connectivity index (χ3v) is 1.42. The molecule has 0 fully saturated rings. The van der Waals surface area contributed by atoms with Gasteiger partial charge in [0.05, 0.1) is 0 Å². The topological polar surface area (TPSA) is 0 Å². The maximum absolute atomic E-state index is 2.99. The molecule has 0 aromatic heterocycles. The molecule has 1 aliphatic carbocycles. The summed E-state index contributed by atoms with van der Waals surface area (Å²) >= 11 is 0. The average Bonchev–Trinajstić information content (AvgIpc) is 2.57. The van der Waals surface area contributed by atoms with Gasteiger partial charge in [0.25, 0.3) is 0 Å². The molecule has 0 N–H and O–H groups in total. The van der Waals surface area contributed by atoms with Crippen LogP contribution in [0.1, 0.15) is 12.0 Å². The van der Waals surface area contributed by atoms with E-state index in [4.69, 9.17) is 0 Å². The molecular weight excluding hydrogens is 382 g/mol. The Labute approximate surface area is 117 Å². The van der Waals surface area contributed by atoms with Crippen molar-refractivity contribution in [3.63, 3.8) is 0 Å².